The van der Waals surface area contributed by atoms with Crippen LogP contribution in [0.1, 0.15) is 119 Å². The quantitative estimate of drug-likeness (QED) is 0.0378. The maximum Gasteiger partial charge on any atom is 0.187 e. The van der Waals surface area contributed by atoms with Gasteiger partial charge in [-0.2, -0.15) is 0 Å². The number of hydrogen-bond acceptors (Lipinski definition) is 11. The normalized spacial score (nSPS) is 30.3. The molecule has 0 aromatic carbocycles. The molecule has 0 aromatic rings. The summed E-state index contributed by atoms with van der Waals surface area (Å²) in [5, 5.41) is 14.9. The molecule has 0 aromatic heterocycles. The molecule has 2 rings (SSSR count). The summed E-state index contributed by atoms with van der Waals surface area (Å²) in [6, 6.07) is -1.04. The lowest BCUT2D eigenvalue weighted by Crippen LogP contribution is -2.66. The first-order valence-corrected chi connectivity index (χ1v) is 19.3. The van der Waals surface area contributed by atoms with E-state index in [4.69, 9.17) is 42.6 Å². The Balaban J connectivity index is 2.56. The zero-order valence-electron chi connectivity index (χ0n) is 31.4. The third-order valence-electron chi connectivity index (χ3n) is 8.78. The van der Waals surface area contributed by atoms with Gasteiger partial charge in [-0.15, -0.1) is 0 Å². The summed E-state index contributed by atoms with van der Waals surface area (Å²) in [5.74, 6) is 0. The maximum atomic E-state index is 11.0. The van der Waals surface area contributed by atoms with Crippen molar-refractivity contribution in [2.75, 3.05) is 52.9 Å². The zero-order valence-corrected chi connectivity index (χ0v) is 31.4. The molecule has 5 unspecified atom stereocenters. The van der Waals surface area contributed by atoms with Crippen molar-refractivity contribution in [3.8, 4) is 0 Å². The van der Waals surface area contributed by atoms with Crippen molar-refractivity contribution in [2.24, 2.45) is 5.11 Å². The predicted octanol–water partition coefficient (Wildman–Crippen LogP) is 6.87. The van der Waals surface area contributed by atoms with Gasteiger partial charge < -0.3 is 47.7 Å². The van der Waals surface area contributed by atoms with E-state index in [1.54, 1.807) is 0 Å². The molecular formula is C36H69N3O10. The molecule has 0 saturated carbocycles. The molecule has 2 heterocycles. The van der Waals surface area contributed by atoms with Crippen LogP contribution in [0.3, 0.4) is 0 Å². The molecule has 10 atom stereocenters. The summed E-state index contributed by atoms with van der Waals surface area (Å²) in [6.07, 6.45) is 4.27. The zero-order chi connectivity index (χ0) is 35.7. The highest BCUT2D eigenvalue weighted by Crippen LogP contribution is 2.35. The Labute approximate surface area is 295 Å². The Hall–Kier alpha value is -1.09. The Morgan fingerprint density at radius 1 is 0.551 bits per heavy atom. The number of unbranched alkanes of at least 4 members (excludes halogenated alkanes) is 6. The van der Waals surface area contributed by atoms with Crippen LogP contribution in [0, 0.1) is 0 Å². The molecule has 0 amide bonds. The molecule has 1 N–H and O–H groups in total. The second kappa shape index (κ2) is 27.5. The largest absolute Gasteiger partial charge is 0.379 e. The predicted molar refractivity (Wildman–Crippen MR) is 187 cm³/mol. The van der Waals surface area contributed by atoms with Gasteiger partial charge in [0.05, 0.1) is 19.3 Å². The number of aliphatic hydroxyl groups excluding tert-OH is 1. The lowest BCUT2D eigenvalue weighted by Gasteiger charge is -2.49. The van der Waals surface area contributed by atoms with Gasteiger partial charge in [-0.1, -0.05) is 85.2 Å². The summed E-state index contributed by atoms with van der Waals surface area (Å²) in [5.41, 5.74) is 9.45. The minimum Gasteiger partial charge on any atom is -0.379 e. The SMILES string of the molecule is CCCCOCC1O[C@@H](O[C@@H]2C(COCCCC)O[C@H](O)C(N=[N+]=[N-])[C@H]2OCCCC)C(OCCCC)C(OCCCC)[C@H]1OCCCC. The first-order chi connectivity index (χ1) is 24.0. The molecule has 49 heavy (non-hydrogen) atoms. The van der Waals surface area contributed by atoms with E-state index in [2.05, 4.69) is 51.6 Å². The topological polar surface area (TPSA) is 152 Å². The van der Waals surface area contributed by atoms with Gasteiger partial charge in [0.1, 0.15) is 42.7 Å². The maximum absolute atomic E-state index is 11.0. The van der Waals surface area contributed by atoms with E-state index in [-0.39, 0.29) is 6.61 Å². The fourth-order valence-electron chi connectivity index (χ4n) is 5.77. The average Bonchev–Trinajstić information content (AvgIpc) is 3.10. The van der Waals surface area contributed by atoms with Gasteiger partial charge >= 0.3 is 0 Å². The second-order valence-electron chi connectivity index (χ2n) is 13.0. The van der Waals surface area contributed by atoms with E-state index < -0.39 is 61.3 Å². The van der Waals surface area contributed by atoms with Crippen LogP contribution in [0.5, 0.6) is 0 Å². The standard InChI is InChI=1S/C36H69N3O10/c1-7-13-19-41-25-27-30(43-21-15-9-3)33(45-23-17-11-5)34(46-24-18-12-6)36(48-27)49-31-28(26-42-20-14-8-2)47-35(40)29(38-39-37)32(31)44-22-16-10-4/h27-36,40H,7-26H2,1-6H3/t27?,28?,29?,30-,31+,32+,33?,34?,35-,36-/m0/s1. The van der Waals surface area contributed by atoms with Gasteiger partial charge in [0.25, 0.3) is 0 Å². The van der Waals surface area contributed by atoms with Crippen LogP contribution in [-0.2, 0) is 42.6 Å². The van der Waals surface area contributed by atoms with Gasteiger partial charge in [0, 0.05) is 44.6 Å². The highest BCUT2D eigenvalue weighted by molar-refractivity contribution is 4.98. The molecule has 0 radical (unpaired) electrons. The second-order valence-corrected chi connectivity index (χ2v) is 13.0. The summed E-state index contributed by atoms with van der Waals surface area (Å²) in [4.78, 5) is 3.02. The number of nitrogens with zero attached hydrogens (tertiary/aromatic N) is 3. The van der Waals surface area contributed by atoms with E-state index in [1.165, 1.54) is 0 Å². The molecule has 0 spiro atoms. The molecule has 13 nitrogen and oxygen atoms in total. The molecular weight excluding hydrogens is 634 g/mol. The number of azide groups is 1. The molecule has 2 aliphatic rings. The summed E-state index contributed by atoms with van der Waals surface area (Å²) < 4.78 is 58.0. The molecule has 288 valence electrons. The highest BCUT2D eigenvalue weighted by Gasteiger charge is 2.53. The number of ether oxygens (including phenoxy) is 9. The monoisotopic (exact) mass is 703 g/mol. The van der Waals surface area contributed by atoms with Crippen LogP contribution in [0.15, 0.2) is 5.11 Å². The molecule has 2 aliphatic heterocycles. The van der Waals surface area contributed by atoms with Crippen molar-refractivity contribution in [3.63, 3.8) is 0 Å². The van der Waals surface area contributed by atoms with E-state index in [1.807, 2.05) is 0 Å². The molecule has 2 saturated heterocycles. The Kier molecular flexibility index (Phi) is 24.8. The molecule has 13 heteroatoms. The van der Waals surface area contributed by atoms with Gasteiger partial charge in [-0.05, 0) is 44.1 Å². The third-order valence-corrected chi connectivity index (χ3v) is 8.78. The summed E-state index contributed by atoms with van der Waals surface area (Å²) in [7, 11) is 0. The Bertz CT molecular complexity index is 854. The summed E-state index contributed by atoms with van der Waals surface area (Å²) >= 11 is 0. The van der Waals surface area contributed by atoms with Crippen molar-refractivity contribution in [3.05, 3.63) is 10.4 Å². The first kappa shape index (κ1) is 44.1. The van der Waals surface area contributed by atoms with Crippen LogP contribution in [0.4, 0.5) is 0 Å². The van der Waals surface area contributed by atoms with Crippen LogP contribution in [-0.4, -0.2) is 119 Å². The van der Waals surface area contributed by atoms with Crippen molar-refractivity contribution in [1.82, 2.24) is 0 Å². The summed E-state index contributed by atoms with van der Waals surface area (Å²) in [6.45, 7) is 16.2. The van der Waals surface area contributed by atoms with Crippen molar-refractivity contribution < 1.29 is 47.7 Å². The Morgan fingerprint density at radius 2 is 0.980 bits per heavy atom. The minimum atomic E-state index is -1.40. The van der Waals surface area contributed by atoms with Crippen molar-refractivity contribution in [1.29, 1.82) is 0 Å². The molecule has 0 bridgehead atoms. The number of rotatable bonds is 29. The van der Waals surface area contributed by atoms with E-state index >= 15 is 0 Å². The lowest BCUT2D eigenvalue weighted by molar-refractivity contribution is -0.359. The van der Waals surface area contributed by atoms with Crippen LogP contribution in [0.25, 0.3) is 10.4 Å². The fourth-order valence-corrected chi connectivity index (χ4v) is 5.77. The molecule has 2 fully saturated rings. The first-order valence-electron chi connectivity index (χ1n) is 19.3. The molecule has 0 aliphatic carbocycles. The van der Waals surface area contributed by atoms with Gasteiger partial charge in [-0.25, -0.2) is 0 Å². The van der Waals surface area contributed by atoms with Crippen LogP contribution >= 0.6 is 0 Å². The van der Waals surface area contributed by atoms with Crippen molar-refractivity contribution in [2.45, 2.75) is 180 Å². The van der Waals surface area contributed by atoms with E-state index in [0.717, 1.165) is 77.0 Å². The number of hydrogen-bond donors (Lipinski definition) is 1. The van der Waals surface area contributed by atoms with Crippen LogP contribution < -0.4 is 0 Å². The van der Waals surface area contributed by atoms with Crippen LogP contribution in [0.2, 0.25) is 0 Å². The fraction of sp³-hybridized carbons (Fsp3) is 1.00. The smallest absolute Gasteiger partial charge is 0.187 e. The average molecular weight is 704 g/mol. The van der Waals surface area contributed by atoms with E-state index in [0.29, 0.717) is 46.2 Å². The Morgan fingerprint density at radius 3 is 1.47 bits per heavy atom. The third kappa shape index (κ3) is 15.6. The lowest BCUT2D eigenvalue weighted by atomic mass is 9.95. The van der Waals surface area contributed by atoms with E-state index in [9.17, 15) is 10.6 Å². The minimum absolute atomic E-state index is 0.148. The van der Waals surface area contributed by atoms with Gasteiger partial charge in [-0.3, -0.25) is 0 Å². The van der Waals surface area contributed by atoms with Gasteiger partial charge in [0.15, 0.2) is 12.6 Å². The highest BCUT2D eigenvalue weighted by atomic mass is 16.7. The van der Waals surface area contributed by atoms with Gasteiger partial charge in [0.2, 0.25) is 0 Å². The van der Waals surface area contributed by atoms with Crippen molar-refractivity contribution >= 4 is 0 Å². The number of aliphatic hydroxyl groups is 1.